The van der Waals surface area contributed by atoms with Crippen molar-refractivity contribution in [3.8, 4) is 0 Å². The van der Waals surface area contributed by atoms with E-state index in [4.69, 9.17) is 11.6 Å². The molecular formula is C16H11ClN6. The Bertz CT molecular complexity index is 1020. The summed E-state index contributed by atoms with van der Waals surface area (Å²) in [4.78, 5) is 7.59. The van der Waals surface area contributed by atoms with Crippen LogP contribution in [0.15, 0.2) is 53.6 Å². The van der Waals surface area contributed by atoms with Gasteiger partial charge in [-0.3, -0.25) is 0 Å². The number of hydrogen-bond donors (Lipinski definition) is 2. The molecule has 112 valence electrons. The highest BCUT2D eigenvalue weighted by atomic mass is 35.5. The molecule has 0 spiro atoms. The number of hydrazone groups is 1. The van der Waals surface area contributed by atoms with Gasteiger partial charge in [0.05, 0.1) is 6.21 Å². The van der Waals surface area contributed by atoms with E-state index in [1.165, 1.54) is 0 Å². The molecule has 0 bridgehead atoms. The zero-order chi connectivity index (χ0) is 15.6. The highest BCUT2D eigenvalue weighted by Crippen LogP contribution is 2.21. The van der Waals surface area contributed by atoms with Gasteiger partial charge in [0.2, 0.25) is 0 Å². The van der Waals surface area contributed by atoms with E-state index in [1.54, 1.807) is 6.21 Å². The van der Waals surface area contributed by atoms with Crippen molar-refractivity contribution in [2.45, 2.75) is 0 Å². The number of rotatable bonds is 3. The lowest BCUT2D eigenvalue weighted by atomic mass is 10.2. The zero-order valence-corrected chi connectivity index (χ0v) is 12.6. The molecule has 0 aliphatic heterocycles. The van der Waals surface area contributed by atoms with Crippen LogP contribution in [-0.2, 0) is 0 Å². The van der Waals surface area contributed by atoms with Gasteiger partial charge in [0.25, 0.3) is 5.95 Å². The van der Waals surface area contributed by atoms with Gasteiger partial charge in [-0.25, -0.2) is 5.43 Å². The van der Waals surface area contributed by atoms with Gasteiger partial charge < -0.3 is 4.98 Å². The van der Waals surface area contributed by atoms with Crippen LogP contribution >= 0.6 is 11.6 Å². The highest BCUT2D eigenvalue weighted by Gasteiger charge is 2.07. The van der Waals surface area contributed by atoms with Crippen molar-refractivity contribution in [3.63, 3.8) is 0 Å². The number of nitrogens with one attached hydrogen (secondary N) is 2. The third-order valence-electron chi connectivity index (χ3n) is 3.35. The molecule has 0 aliphatic carbocycles. The second-order valence-corrected chi connectivity index (χ2v) is 5.36. The number of halogens is 1. The van der Waals surface area contributed by atoms with Crippen molar-refractivity contribution in [2.24, 2.45) is 5.10 Å². The van der Waals surface area contributed by atoms with Gasteiger partial charge in [0, 0.05) is 15.9 Å². The lowest BCUT2D eigenvalue weighted by molar-refractivity contribution is 1.01. The Labute approximate surface area is 136 Å². The molecule has 0 atom stereocenters. The molecule has 6 nitrogen and oxygen atoms in total. The summed E-state index contributed by atoms with van der Waals surface area (Å²) in [7, 11) is 0. The Kier molecular flexibility index (Phi) is 3.36. The van der Waals surface area contributed by atoms with Gasteiger partial charge in [-0.2, -0.15) is 10.1 Å². The van der Waals surface area contributed by atoms with Crippen molar-refractivity contribution >= 4 is 45.8 Å². The van der Waals surface area contributed by atoms with E-state index in [1.807, 2.05) is 48.5 Å². The number of benzene rings is 2. The summed E-state index contributed by atoms with van der Waals surface area (Å²) in [6.07, 6.45) is 1.64. The number of hydrogen-bond acceptors (Lipinski definition) is 5. The smallest absolute Gasteiger partial charge is 0.265 e. The number of nitrogens with zero attached hydrogens (tertiary/aromatic N) is 4. The molecule has 2 aromatic carbocycles. The van der Waals surface area contributed by atoms with E-state index < -0.39 is 0 Å². The third-order valence-corrected chi connectivity index (χ3v) is 3.58. The molecule has 2 aromatic heterocycles. The highest BCUT2D eigenvalue weighted by molar-refractivity contribution is 6.30. The van der Waals surface area contributed by atoms with Crippen molar-refractivity contribution in [3.05, 3.63) is 59.1 Å². The Morgan fingerprint density at radius 2 is 2.00 bits per heavy atom. The molecule has 0 amide bonds. The molecule has 0 saturated carbocycles. The van der Waals surface area contributed by atoms with Gasteiger partial charge in [-0.05, 0) is 23.8 Å². The van der Waals surface area contributed by atoms with Crippen LogP contribution in [0.3, 0.4) is 0 Å². The normalized spacial score (nSPS) is 11.5. The van der Waals surface area contributed by atoms with Crippen molar-refractivity contribution in [1.82, 2.24) is 20.2 Å². The molecule has 7 heteroatoms. The molecule has 4 aromatic rings. The second kappa shape index (κ2) is 5.66. The minimum Gasteiger partial charge on any atom is -0.338 e. The summed E-state index contributed by atoms with van der Waals surface area (Å²) >= 11 is 5.92. The SMILES string of the molecule is Clc1cccc(/C=N\Nc2nnc3c(n2)[nH]c2ccccc23)c1. The Balaban J connectivity index is 1.61. The maximum atomic E-state index is 5.92. The van der Waals surface area contributed by atoms with Crippen LogP contribution in [0.2, 0.25) is 5.02 Å². The Hall–Kier alpha value is -2.99. The average molecular weight is 323 g/mol. The fourth-order valence-electron chi connectivity index (χ4n) is 2.32. The predicted octanol–water partition coefficient (Wildman–Crippen LogP) is 3.61. The molecule has 0 saturated heterocycles. The number of para-hydroxylation sites is 1. The molecule has 0 fully saturated rings. The van der Waals surface area contributed by atoms with E-state index in [2.05, 4.69) is 30.7 Å². The van der Waals surface area contributed by atoms with Crippen LogP contribution in [0.5, 0.6) is 0 Å². The fraction of sp³-hybridized carbons (Fsp3) is 0. The third kappa shape index (κ3) is 2.72. The molecule has 0 radical (unpaired) electrons. The summed E-state index contributed by atoms with van der Waals surface area (Å²) in [6.45, 7) is 0. The largest absolute Gasteiger partial charge is 0.338 e. The number of fused-ring (bicyclic) bond motifs is 3. The van der Waals surface area contributed by atoms with Crippen molar-refractivity contribution in [2.75, 3.05) is 5.43 Å². The number of aromatic amines is 1. The van der Waals surface area contributed by atoms with Gasteiger partial charge in [0.1, 0.15) is 5.52 Å². The van der Waals surface area contributed by atoms with Crippen molar-refractivity contribution < 1.29 is 0 Å². The van der Waals surface area contributed by atoms with E-state index in [0.29, 0.717) is 16.6 Å². The molecule has 0 unspecified atom stereocenters. The summed E-state index contributed by atoms with van der Waals surface area (Å²) in [6, 6.07) is 15.3. The molecule has 2 heterocycles. The first-order valence-corrected chi connectivity index (χ1v) is 7.33. The Morgan fingerprint density at radius 1 is 1.09 bits per heavy atom. The second-order valence-electron chi connectivity index (χ2n) is 4.93. The molecule has 4 rings (SSSR count). The monoisotopic (exact) mass is 322 g/mol. The van der Waals surface area contributed by atoms with E-state index >= 15 is 0 Å². The molecule has 2 N–H and O–H groups in total. The minimum atomic E-state index is 0.322. The van der Waals surface area contributed by atoms with Crippen LogP contribution in [0.4, 0.5) is 5.95 Å². The topological polar surface area (TPSA) is 78.8 Å². The van der Waals surface area contributed by atoms with E-state index in [0.717, 1.165) is 22.0 Å². The summed E-state index contributed by atoms with van der Waals surface area (Å²) in [5.74, 6) is 0.322. The molecule has 0 aliphatic rings. The number of anilines is 1. The standard InChI is InChI=1S/C16H11ClN6/c17-11-5-3-4-10(8-11)9-18-22-16-20-15-14(21-23-16)12-6-1-2-7-13(12)19-15/h1-9H,(H2,19,20,22,23)/b18-9-. The van der Waals surface area contributed by atoms with E-state index in [9.17, 15) is 0 Å². The predicted molar refractivity (Wildman–Crippen MR) is 91.9 cm³/mol. The van der Waals surface area contributed by atoms with Crippen molar-refractivity contribution in [1.29, 1.82) is 0 Å². The van der Waals surface area contributed by atoms with Crippen LogP contribution in [0, 0.1) is 0 Å². The zero-order valence-electron chi connectivity index (χ0n) is 11.9. The first kappa shape index (κ1) is 13.7. The van der Waals surface area contributed by atoms with Crippen LogP contribution < -0.4 is 5.43 Å². The Morgan fingerprint density at radius 3 is 2.91 bits per heavy atom. The van der Waals surface area contributed by atoms with Gasteiger partial charge in [0.15, 0.2) is 5.65 Å². The summed E-state index contributed by atoms with van der Waals surface area (Å²) in [5.41, 5.74) is 6.03. The van der Waals surface area contributed by atoms with Gasteiger partial charge >= 0.3 is 0 Å². The average Bonchev–Trinajstić information content (AvgIpc) is 2.92. The number of H-pyrrole nitrogens is 1. The molecular weight excluding hydrogens is 312 g/mol. The van der Waals surface area contributed by atoms with Gasteiger partial charge in [-0.1, -0.05) is 41.9 Å². The number of aromatic nitrogens is 4. The minimum absolute atomic E-state index is 0.322. The lowest BCUT2D eigenvalue weighted by Gasteiger charge is -1.97. The molecule has 23 heavy (non-hydrogen) atoms. The maximum absolute atomic E-state index is 5.92. The first-order chi connectivity index (χ1) is 11.3. The van der Waals surface area contributed by atoms with Crippen LogP contribution in [-0.4, -0.2) is 26.4 Å². The van der Waals surface area contributed by atoms with Crippen LogP contribution in [0.1, 0.15) is 5.56 Å². The van der Waals surface area contributed by atoms with Crippen LogP contribution in [0.25, 0.3) is 22.1 Å². The lowest BCUT2D eigenvalue weighted by Crippen LogP contribution is -1.98. The maximum Gasteiger partial charge on any atom is 0.265 e. The van der Waals surface area contributed by atoms with E-state index in [-0.39, 0.29) is 0 Å². The summed E-state index contributed by atoms with van der Waals surface area (Å²) in [5, 5.41) is 14.0. The van der Waals surface area contributed by atoms with Gasteiger partial charge in [-0.15, -0.1) is 10.2 Å². The fourth-order valence-corrected chi connectivity index (χ4v) is 2.52. The quantitative estimate of drug-likeness (QED) is 0.446. The summed E-state index contributed by atoms with van der Waals surface area (Å²) < 4.78 is 0. The first-order valence-electron chi connectivity index (χ1n) is 6.95.